The summed E-state index contributed by atoms with van der Waals surface area (Å²) in [6.07, 6.45) is 6.36. The summed E-state index contributed by atoms with van der Waals surface area (Å²) in [4.78, 5) is 0. The van der Waals surface area contributed by atoms with Gasteiger partial charge in [-0.2, -0.15) is 0 Å². The molecular weight excluding hydrogens is 278 g/mol. The molecule has 1 N–H and O–H groups in total. The Kier molecular flexibility index (Phi) is 4.47. The van der Waals surface area contributed by atoms with E-state index in [0.717, 1.165) is 37.0 Å². The largest absolute Gasteiger partial charge is 0.305 e. The van der Waals surface area contributed by atoms with Gasteiger partial charge in [0.25, 0.3) is 0 Å². The summed E-state index contributed by atoms with van der Waals surface area (Å²) in [6, 6.07) is 12.9. The van der Waals surface area contributed by atoms with Gasteiger partial charge in [0, 0.05) is 11.3 Å². The van der Waals surface area contributed by atoms with Crippen LogP contribution in [-0.4, -0.2) is 5.71 Å². The van der Waals surface area contributed by atoms with E-state index in [4.69, 9.17) is 5.41 Å². The number of benzene rings is 2. The van der Waals surface area contributed by atoms with E-state index in [1.165, 1.54) is 33.1 Å². The van der Waals surface area contributed by atoms with Crippen molar-refractivity contribution in [2.75, 3.05) is 0 Å². The van der Waals surface area contributed by atoms with E-state index >= 15 is 0 Å². The zero-order valence-electron chi connectivity index (χ0n) is 14.4. The van der Waals surface area contributed by atoms with Crippen LogP contribution in [0, 0.1) is 5.41 Å². The van der Waals surface area contributed by atoms with Crippen molar-refractivity contribution in [2.24, 2.45) is 0 Å². The van der Waals surface area contributed by atoms with Gasteiger partial charge in [-0.1, -0.05) is 61.4 Å². The molecule has 0 spiro atoms. The number of allylic oxidation sites excluding steroid dienone is 4. The lowest BCUT2D eigenvalue weighted by molar-refractivity contribution is 0.833. The van der Waals surface area contributed by atoms with Crippen LogP contribution in [0.15, 0.2) is 53.6 Å². The highest BCUT2D eigenvalue weighted by Crippen LogP contribution is 2.37. The van der Waals surface area contributed by atoms with Gasteiger partial charge in [0.15, 0.2) is 0 Å². The predicted octanol–water partition coefficient (Wildman–Crippen LogP) is 6.52. The Morgan fingerprint density at radius 1 is 1.09 bits per heavy atom. The summed E-state index contributed by atoms with van der Waals surface area (Å²) >= 11 is 0. The Hall–Kier alpha value is -2.15. The quantitative estimate of drug-likeness (QED) is 0.608. The lowest BCUT2D eigenvalue weighted by Crippen LogP contribution is -2.05. The zero-order chi connectivity index (χ0) is 16.4. The summed E-state index contributed by atoms with van der Waals surface area (Å²) < 4.78 is 0. The lowest BCUT2D eigenvalue weighted by Gasteiger charge is -2.16. The Morgan fingerprint density at radius 3 is 2.57 bits per heavy atom. The second-order valence-electron chi connectivity index (χ2n) is 6.62. The zero-order valence-corrected chi connectivity index (χ0v) is 14.4. The van der Waals surface area contributed by atoms with Gasteiger partial charge in [0.05, 0.1) is 0 Å². The number of unbranched alkanes of at least 4 members (excludes halogenated alkanes) is 1. The molecule has 0 radical (unpaired) electrons. The van der Waals surface area contributed by atoms with Crippen LogP contribution in [0.3, 0.4) is 0 Å². The van der Waals surface area contributed by atoms with Crippen molar-refractivity contribution >= 4 is 22.1 Å². The molecule has 0 fully saturated rings. The number of nitrogens with one attached hydrogen (secondary N) is 1. The molecule has 0 heterocycles. The average molecular weight is 303 g/mol. The fourth-order valence-electron chi connectivity index (χ4n) is 3.56. The molecule has 1 aliphatic rings. The Bertz CT molecular complexity index is 821. The number of fused-ring (bicyclic) bond motifs is 1. The number of hydrogen-bond acceptors (Lipinski definition) is 1. The molecule has 1 nitrogen and oxygen atoms in total. The third kappa shape index (κ3) is 3.01. The van der Waals surface area contributed by atoms with Crippen molar-refractivity contribution in [3.8, 4) is 0 Å². The van der Waals surface area contributed by atoms with Gasteiger partial charge in [-0.3, -0.25) is 0 Å². The van der Waals surface area contributed by atoms with Crippen LogP contribution in [0.25, 0.3) is 16.3 Å². The molecule has 2 aromatic rings. The first-order valence-electron chi connectivity index (χ1n) is 8.58. The molecule has 1 heteroatoms. The molecule has 23 heavy (non-hydrogen) atoms. The highest BCUT2D eigenvalue weighted by Gasteiger charge is 2.19. The van der Waals surface area contributed by atoms with E-state index in [-0.39, 0.29) is 0 Å². The van der Waals surface area contributed by atoms with E-state index in [2.05, 4.69) is 63.2 Å². The lowest BCUT2D eigenvalue weighted by atomic mass is 9.88. The molecule has 118 valence electrons. The van der Waals surface area contributed by atoms with Crippen LogP contribution in [-0.2, 0) is 0 Å². The molecule has 0 saturated heterocycles. The van der Waals surface area contributed by atoms with Crippen LogP contribution in [0.2, 0.25) is 0 Å². The minimum absolute atomic E-state index is 0.781. The van der Waals surface area contributed by atoms with Gasteiger partial charge >= 0.3 is 0 Å². The second-order valence-corrected chi connectivity index (χ2v) is 6.62. The van der Waals surface area contributed by atoms with E-state index < -0.39 is 0 Å². The molecule has 0 saturated carbocycles. The molecule has 3 rings (SSSR count). The second kappa shape index (κ2) is 6.54. The highest BCUT2D eigenvalue weighted by atomic mass is 14.4. The summed E-state index contributed by atoms with van der Waals surface area (Å²) in [5.74, 6) is 0. The first kappa shape index (κ1) is 15.7. The van der Waals surface area contributed by atoms with E-state index in [1.807, 2.05) is 0 Å². The molecular formula is C22H25N. The third-order valence-corrected chi connectivity index (χ3v) is 4.73. The molecule has 0 bridgehead atoms. The molecule has 1 aliphatic carbocycles. The van der Waals surface area contributed by atoms with Gasteiger partial charge in [-0.05, 0) is 60.6 Å². The first-order chi connectivity index (χ1) is 11.1. The van der Waals surface area contributed by atoms with Crippen molar-refractivity contribution in [2.45, 2.75) is 46.5 Å². The Morgan fingerprint density at radius 2 is 1.87 bits per heavy atom. The van der Waals surface area contributed by atoms with E-state index in [9.17, 15) is 0 Å². The van der Waals surface area contributed by atoms with Crippen LogP contribution >= 0.6 is 0 Å². The maximum atomic E-state index is 8.70. The van der Waals surface area contributed by atoms with Gasteiger partial charge in [-0.25, -0.2) is 0 Å². The SMILES string of the molecule is CCCCC(=N)c1c(C2=C(C)C=C(C)C2)ccc2ccccc12. The molecule has 0 unspecified atom stereocenters. The summed E-state index contributed by atoms with van der Waals surface area (Å²) in [6.45, 7) is 6.58. The topological polar surface area (TPSA) is 23.9 Å². The van der Waals surface area contributed by atoms with E-state index in [1.54, 1.807) is 0 Å². The standard InChI is InChI=1S/C22H25N/c1-4-5-10-21(23)22-18-9-7-6-8-17(18)11-12-19(22)20-14-15(2)13-16(20)3/h6-9,11-13,23H,4-5,10,14H2,1-3H3. The van der Waals surface area contributed by atoms with Crippen molar-refractivity contribution in [3.63, 3.8) is 0 Å². The minimum atomic E-state index is 0.781. The summed E-state index contributed by atoms with van der Waals surface area (Å²) in [5, 5.41) is 11.1. The van der Waals surface area contributed by atoms with Crippen molar-refractivity contribution in [1.82, 2.24) is 0 Å². The van der Waals surface area contributed by atoms with Crippen molar-refractivity contribution in [3.05, 3.63) is 64.7 Å². The maximum Gasteiger partial charge on any atom is 0.0398 e. The first-order valence-corrected chi connectivity index (χ1v) is 8.58. The van der Waals surface area contributed by atoms with Crippen LogP contribution < -0.4 is 0 Å². The fourth-order valence-corrected chi connectivity index (χ4v) is 3.56. The van der Waals surface area contributed by atoms with Gasteiger partial charge < -0.3 is 5.41 Å². The summed E-state index contributed by atoms with van der Waals surface area (Å²) in [5.41, 5.74) is 7.34. The number of rotatable bonds is 5. The molecule has 0 atom stereocenters. The molecule has 0 amide bonds. The molecule has 2 aromatic carbocycles. The monoisotopic (exact) mass is 303 g/mol. The third-order valence-electron chi connectivity index (χ3n) is 4.73. The van der Waals surface area contributed by atoms with Gasteiger partial charge in [-0.15, -0.1) is 0 Å². The fraction of sp³-hybridized carbons (Fsp3) is 0.318. The molecule has 0 aromatic heterocycles. The normalized spacial score (nSPS) is 14.5. The Labute approximate surface area is 139 Å². The van der Waals surface area contributed by atoms with Crippen molar-refractivity contribution in [1.29, 1.82) is 5.41 Å². The average Bonchev–Trinajstić information content (AvgIpc) is 2.89. The van der Waals surface area contributed by atoms with Crippen LogP contribution in [0.1, 0.15) is 57.6 Å². The predicted molar refractivity (Wildman–Crippen MR) is 101 cm³/mol. The van der Waals surface area contributed by atoms with Gasteiger partial charge in [0.1, 0.15) is 0 Å². The summed E-state index contributed by atoms with van der Waals surface area (Å²) in [7, 11) is 0. The van der Waals surface area contributed by atoms with Crippen LogP contribution in [0.4, 0.5) is 0 Å². The van der Waals surface area contributed by atoms with Crippen LogP contribution in [0.5, 0.6) is 0 Å². The smallest absolute Gasteiger partial charge is 0.0398 e. The van der Waals surface area contributed by atoms with E-state index in [0.29, 0.717) is 0 Å². The minimum Gasteiger partial charge on any atom is -0.305 e. The van der Waals surface area contributed by atoms with Gasteiger partial charge in [0.2, 0.25) is 0 Å². The molecule has 0 aliphatic heterocycles. The van der Waals surface area contributed by atoms with Crippen molar-refractivity contribution < 1.29 is 0 Å². The highest BCUT2D eigenvalue weighted by molar-refractivity contribution is 6.13. The Balaban J connectivity index is 2.18. The maximum absolute atomic E-state index is 8.70. The number of hydrogen-bond donors (Lipinski definition) is 1.